The molecule has 0 aromatic carbocycles. The quantitative estimate of drug-likeness (QED) is 0.0315. The zero-order chi connectivity index (χ0) is 35.7. The zero-order valence-electron chi connectivity index (χ0n) is 33.5. The Morgan fingerprint density at radius 3 is 1.33 bits per heavy atom. The van der Waals surface area contributed by atoms with Crippen molar-refractivity contribution in [3.63, 3.8) is 0 Å². The predicted molar refractivity (Wildman–Crippen MR) is 201 cm³/mol. The number of hydrogen-bond acceptors (Lipinski definition) is 6. The lowest BCUT2D eigenvalue weighted by Crippen LogP contribution is -3.00. The molecule has 0 bridgehead atoms. The molecule has 0 radical (unpaired) electrons. The van der Waals surface area contributed by atoms with Crippen LogP contribution in [0.5, 0.6) is 0 Å². The Hall–Kier alpha value is -0.635. The summed E-state index contributed by atoms with van der Waals surface area (Å²) in [5, 5.41) is 0. The van der Waals surface area contributed by atoms with E-state index in [0.29, 0.717) is 30.3 Å². The van der Waals surface area contributed by atoms with Crippen LogP contribution in [0.2, 0.25) is 0 Å². The fourth-order valence-electron chi connectivity index (χ4n) is 6.56. The highest BCUT2D eigenvalue weighted by Gasteiger charge is 2.53. The molecule has 49 heavy (non-hydrogen) atoms. The molecular formula is C40H79BBrNO6. The molecule has 1 unspecified atom stereocenters. The highest BCUT2D eigenvalue weighted by atomic mass is 79.9. The number of nitrogens with zero attached hydrogens (tertiary/aromatic N) is 1. The van der Waals surface area contributed by atoms with Gasteiger partial charge in [-0.05, 0) is 40.5 Å². The van der Waals surface area contributed by atoms with Crippen LogP contribution >= 0.6 is 0 Å². The van der Waals surface area contributed by atoms with Crippen LogP contribution in [0, 0.1) is 0 Å². The van der Waals surface area contributed by atoms with Crippen molar-refractivity contribution < 1.29 is 49.8 Å². The number of likely N-dealkylation sites (N-methyl/N-ethyl adjacent to an activating group) is 1. The minimum Gasteiger partial charge on any atom is -1.00 e. The van der Waals surface area contributed by atoms with Crippen molar-refractivity contribution in [2.24, 2.45) is 0 Å². The standard InChI is InChI=1S/C40H79BNO6.BrH/c1-9-11-13-15-17-19-21-23-25-27-29-31-37(43)45-34-36(33-42(7,8)35-41-47-39(3,4)40(5,6)48-41)46-38(44)32-30-28-26-24-22-20-18-16-14-12-10-2;/h36H,9-35H2,1-8H3;1H/q+1;/p-1. The van der Waals surface area contributed by atoms with Gasteiger partial charge in [0.25, 0.3) is 0 Å². The SMILES string of the molecule is CCCCCCCCCCCCCC(=O)OCC(C[N+](C)(C)CB1OC(C)(C)C(C)(C)O1)OC(=O)CCCCCCCCCCCCC.[Br-]. The van der Waals surface area contributed by atoms with Crippen LogP contribution in [0.3, 0.4) is 0 Å². The molecule has 1 fully saturated rings. The van der Waals surface area contributed by atoms with E-state index in [-0.39, 0.29) is 42.6 Å². The molecule has 0 amide bonds. The van der Waals surface area contributed by atoms with Gasteiger partial charge in [0.2, 0.25) is 0 Å². The van der Waals surface area contributed by atoms with Gasteiger partial charge in [-0.25, -0.2) is 0 Å². The molecule has 9 heteroatoms. The van der Waals surface area contributed by atoms with Crippen molar-refractivity contribution in [1.82, 2.24) is 0 Å². The molecular weight excluding hydrogens is 681 g/mol. The second kappa shape index (κ2) is 27.9. The minimum absolute atomic E-state index is 0. The van der Waals surface area contributed by atoms with Crippen molar-refractivity contribution in [2.75, 3.05) is 33.7 Å². The van der Waals surface area contributed by atoms with E-state index in [1.165, 1.54) is 116 Å². The number of ether oxygens (including phenoxy) is 2. The van der Waals surface area contributed by atoms with Gasteiger partial charge in [-0.2, -0.15) is 0 Å². The fraction of sp³-hybridized carbons (Fsp3) is 0.950. The van der Waals surface area contributed by atoms with Crippen molar-refractivity contribution >= 4 is 19.1 Å². The molecule has 0 aliphatic carbocycles. The largest absolute Gasteiger partial charge is 1.00 e. The van der Waals surface area contributed by atoms with E-state index in [2.05, 4.69) is 55.6 Å². The van der Waals surface area contributed by atoms with Gasteiger partial charge in [0, 0.05) is 12.8 Å². The number of halogens is 1. The van der Waals surface area contributed by atoms with Gasteiger partial charge in [0.05, 0.1) is 25.3 Å². The summed E-state index contributed by atoms with van der Waals surface area (Å²) in [6, 6.07) is 0. The third-order valence-electron chi connectivity index (χ3n) is 10.3. The second-order valence-corrected chi connectivity index (χ2v) is 16.4. The number of hydrogen-bond donors (Lipinski definition) is 0. The Morgan fingerprint density at radius 1 is 0.592 bits per heavy atom. The maximum absolute atomic E-state index is 12.9. The minimum atomic E-state index is -0.510. The van der Waals surface area contributed by atoms with Crippen LogP contribution in [0.4, 0.5) is 0 Å². The van der Waals surface area contributed by atoms with E-state index in [4.69, 9.17) is 18.8 Å². The van der Waals surface area contributed by atoms with E-state index in [1.54, 1.807) is 0 Å². The maximum atomic E-state index is 12.9. The molecule has 0 aromatic rings. The van der Waals surface area contributed by atoms with E-state index in [9.17, 15) is 9.59 Å². The first-order chi connectivity index (χ1) is 22.8. The number of rotatable bonds is 31. The number of quaternary nitrogens is 1. The average Bonchev–Trinajstić information content (AvgIpc) is 3.21. The maximum Gasteiger partial charge on any atom is 0.517 e. The number of carbonyl (C=O) groups is 2. The normalized spacial score (nSPS) is 16.0. The molecule has 1 rings (SSSR count). The van der Waals surface area contributed by atoms with Crippen molar-refractivity contribution in [3.8, 4) is 0 Å². The van der Waals surface area contributed by atoms with Gasteiger partial charge >= 0.3 is 19.1 Å². The van der Waals surface area contributed by atoms with Crippen LogP contribution in [-0.4, -0.2) is 74.5 Å². The zero-order valence-corrected chi connectivity index (χ0v) is 35.1. The summed E-state index contributed by atoms with van der Waals surface area (Å²) < 4.78 is 24.7. The van der Waals surface area contributed by atoms with Gasteiger partial charge in [-0.1, -0.05) is 142 Å². The van der Waals surface area contributed by atoms with Gasteiger partial charge < -0.3 is 40.2 Å². The summed E-state index contributed by atoms with van der Waals surface area (Å²) in [6.45, 7) is 13.3. The predicted octanol–water partition coefficient (Wildman–Crippen LogP) is 7.56. The molecule has 1 saturated heterocycles. The number of esters is 2. The van der Waals surface area contributed by atoms with Crippen LogP contribution in [0.1, 0.15) is 196 Å². The summed E-state index contributed by atoms with van der Waals surface area (Å²) in [6.07, 6.45) is 28.3. The van der Waals surface area contributed by atoms with E-state index < -0.39 is 17.3 Å². The summed E-state index contributed by atoms with van der Waals surface area (Å²) in [4.78, 5) is 25.6. The summed E-state index contributed by atoms with van der Waals surface area (Å²) in [5.41, 5.74) is -0.802. The third-order valence-corrected chi connectivity index (χ3v) is 10.3. The van der Waals surface area contributed by atoms with Crippen LogP contribution in [0.25, 0.3) is 0 Å². The van der Waals surface area contributed by atoms with Crippen LogP contribution in [-0.2, 0) is 28.4 Å². The highest BCUT2D eigenvalue weighted by molar-refractivity contribution is 6.45. The Labute approximate surface area is 314 Å². The van der Waals surface area contributed by atoms with Crippen molar-refractivity contribution in [1.29, 1.82) is 0 Å². The number of unbranched alkanes of at least 4 members (excludes halogenated alkanes) is 20. The van der Waals surface area contributed by atoms with Crippen LogP contribution in [0.15, 0.2) is 0 Å². The molecule has 1 heterocycles. The Kier molecular flexibility index (Phi) is 27.6. The molecule has 1 aliphatic heterocycles. The molecule has 1 aliphatic rings. The molecule has 7 nitrogen and oxygen atoms in total. The molecule has 0 N–H and O–H groups in total. The van der Waals surface area contributed by atoms with Gasteiger partial charge in [0.1, 0.15) is 19.6 Å². The van der Waals surface area contributed by atoms with Crippen LogP contribution < -0.4 is 17.0 Å². The van der Waals surface area contributed by atoms with Crippen molar-refractivity contribution in [2.45, 2.75) is 213 Å². The molecule has 0 spiro atoms. The van der Waals surface area contributed by atoms with Gasteiger partial charge in [0.15, 0.2) is 6.10 Å². The van der Waals surface area contributed by atoms with E-state index in [0.717, 1.165) is 25.7 Å². The molecule has 290 valence electrons. The first-order valence-corrected chi connectivity index (χ1v) is 20.3. The lowest BCUT2D eigenvalue weighted by Gasteiger charge is -2.33. The smallest absolute Gasteiger partial charge is 0.517 e. The lowest BCUT2D eigenvalue weighted by molar-refractivity contribution is -0.884. The number of carbonyl (C=O) groups excluding carboxylic acids is 2. The van der Waals surface area contributed by atoms with E-state index in [1.807, 2.05) is 0 Å². The first-order valence-electron chi connectivity index (χ1n) is 20.3. The molecule has 0 saturated carbocycles. The Bertz CT molecular complexity index is 824. The first kappa shape index (κ1) is 48.4. The summed E-state index contributed by atoms with van der Waals surface area (Å²) >= 11 is 0. The van der Waals surface area contributed by atoms with E-state index >= 15 is 0 Å². The third kappa shape index (κ3) is 24.3. The van der Waals surface area contributed by atoms with Crippen molar-refractivity contribution in [3.05, 3.63) is 0 Å². The Morgan fingerprint density at radius 2 is 0.939 bits per heavy atom. The summed E-state index contributed by atoms with van der Waals surface area (Å²) in [5.74, 6) is -0.401. The topological polar surface area (TPSA) is 71.1 Å². The summed E-state index contributed by atoms with van der Waals surface area (Å²) in [7, 11) is 3.81. The highest BCUT2D eigenvalue weighted by Crippen LogP contribution is 2.37. The van der Waals surface area contributed by atoms with Gasteiger partial charge in [-0.3, -0.25) is 9.59 Å². The monoisotopic (exact) mass is 760 g/mol. The Balaban J connectivity index is 0.0000230. The molecule has 0 aromatic heterocycles. The van der Waals surface area contributed by atoms with Gasteiger partial charge in [-0.15, -0.1) is 0 Å². The average molecular weight is 761 g/mol. The molecule has 1 atom stereocenters. The fourth-order valence-corrected chi connectivity index (χ4v) is 6.56. The lowest BCUT2D eigenvalue weighted by atomic mass is 9.88. The second-order valence-electron chi connectivity index (χ2n) is 16.4.